The Labute approximate surface area is 207 Å². The van der Waals surface area contributed by atoms with E-state index in [9.17, 15) is 27.5 Å². The van der Waals surface area contributed by atoms with Gasteiger partial charge in [-0.25, -0.2) is 4.39 Å². The average molecular weight is 526 g/mol. The highest BCUT2D eigenvalue weighted by Gasteiger charge is 2.33. The summed E-state index contributed by atoms with van der Waals surface area (Å²) in [4.78, 5) is 12.6. The smallest absolute Gasteiger partial charge is 0.480 e. The maximum atomic E-state index is 14.0. The lowest BCUT2D eigenvalue weighted by molar-refractivity contribution is -0.275. The number of fused-ring (bicyclic) bond motifs is 1. The van der Waals surface area contributed by atoms with Crippen LogP contribution in [0.2, 0.25) is 5.02 Å². The third-order valence-corrected chi connectivity index (χ3v) is 5.63. The van der Waals surface area contributed by atoms with Gasteiger partial charge in [0.15, 0.2) is 17.7 Å². The number of rotatable bonds is 7. The van der Waals surface area contributed by atoms with Crippen molar-refractivity contribution in [3.05, 3.63) is 77.5 Å². The molecule has 12 heteroatoms. The lowest BCUT2D eigenvalue weighted by Gasteiger charge is -2.29. The molecule has 0 unspecified atom stereocenters. The molecule has 0 bridgehead atoms. The van der Waals surface area contributed by atoms with E-state index in [0.29, 0.717) is 46.1 Å². The number of allylic oxidation sites excluding steroid dienone is 1. The first kappa shape index (κ1) is 25.5. The molecule has 7 nitrogen and oxygen atoms in total. The molecule has 2 atom stereocenters. The van der Waals surface area contributed by atoms with Crippen LogP contribution in [0.15, 0.2) is 61.1 Å². The van der Waals surface area contributed by atoms with E-state index in [-0.39, 0.29) is 6.42 Å². The highest BCUT2D eigenvalue weighted by atomic mass is 35.5. The molecule has 0 spiro atoms. The van der Waals surface area contributed by atoms with E-state index in [1.165, 1.54) is 16.9 Å². The summed E-state index contributed by atoms with van der Waals surface area (Å²) in [6.07, 6.45) is -3.44. The van der Waals surface area contributed by atoms with E-state index in [0.717, 1.165) is 12.1 Å². The van der Waals surface area contributed by atoms with Crippen LogP contribution in [0.3, 0.4) is 0 Å². The predicted molar refractivity (Wildman–Crippen MR) is 122 cm³/mol. The number of aliphatic hydroxyl groups is 1. The number of halogens is 5. The van der Waals surface area contributed by atoms with E-state index in [1.54, 1.807) is 24.4 Å². The maximum absolute atomic E-state index is 14.0. The molecule has 190 valence electrons. The average Bonchev–Trinajstić information content (AvgIpc) is 3.27. The van der Waals surface area contributed by atoms with E-state index in [2.05, 4.69) is 21.7 Å². The van der Waals surface area contributed by atoms with E-state index < -0.39 is 36.0 Å². The monoisotopic (exact) mass is 525 g/mol. The fraction of sp³-hybridized carbons (Fsp3) is 0.250. The molecule has 0 aliphatic carbocycles. The molecule has 1 aliphatic rings. The van der Waals surface area contributed by atoms with Crippen LogP contribution < -0.4 is 14.8 Å². The van der Waals surface area contributed by atoms with E-state index in [4.69, 9.17) is 16.3 Å². The number of carbonyl (C=O) groups is 1. The van der Waals surface area contributed by atoms with Crippen molar-refractivity contribution in [2.75, 3.05) is 0 Å². The molecule has 0 saturated heterocycles. The summed E-state index contributed by atoms with van der Waals surface area (Å²) >= 11 is 5.94. The fourth-order valence-electron chi connectivity index (χ4n) is 3.67. The molecule has 2 aromatic carbocycles. The van der Waals surface area contributed by atoms with Crippen molar-refractivity contribution in [1.82, 2.24) is 15.1 Å². The number of nitrogens with one attached hydrogen (secondary N) is 1. The number of aryl methyl sites for hydroxylation is 1. The summed E-state index contributed by atoms with van der Waals surface area (Å²) in [7, 11) is 0. The Morgan fingerprint density at radius 3 is 2.78 bits per heavy atom. The molecule has 2 N–H and O–H groups in total. The number of hydrogen-bond acceptors (Lipinski definition) is 5. The number of nitrogens with zero attached hydrogens (tertiary/aromatic N) is 2. The van der Waals surface area contributed by atoms with Crippen LogP contribution in [0.4, 0.5) is 17.6 Å². The first-order valence-corrected chi connectivity index (χ1v) is 11.1. The van der Waals surface area contributed by atoms with Gasteiger partial charge >= 0.3 is 6.36 Å². The summed E-state index contributed by atoms with van der Waals surface area (Å²) < 4.78 is 61.8. The Hall–Kier alpha value is -3.57. The molecule has 0 fully saturated rings. The normalized spacial score (nSPS) is 17.2. The molecule has 1 aliphatic heterocycles. The summed E-state index contributed by atoms with van der Waals surface area (Å²) in [6, 6.07) is 7.88. The lowest BCUT2D eigenvalue weighted by atomic mass is 9.98. The van der Waals surface area contributed by atoms with Crippen molar-refractivity contribution < 1.29 is 36.9 Å². The van der Waals surface area contributed by atoms with Crippen LogP contribution in [0.5, 0.6) is 11.5 Å². The predicted octanol–water partition coefficient (Wildman–Crippen LogP) is 5.15. The third-order valence-electron chi connectivity index (χ3n) is 5.40. The van der Waals surface area contributed by atoms with Gasteiger partial charge in [0.05, 0.1) is 12.3 Å². The highest BCUT2D eigenvalue weighted by Crippen LogP contribution is 2.36. The number of aliphatic hydroxyl groups excluding tert-OH is 1. The van der Waals surface area contributed by atoms with Gasteiger partial charge in [-0.1, -0.05) is 24.2 Å². The molecule has 1 amide bonds. The van der Waals surface area contributed by atoms with Gasteiger partial charge < -0.3 is 19.9 Å². The summed E-state index contributed by atoms with van der Waals surface area (Å²) in [5, 5.41) is 17.6. The maximum Gasteiger partial charge on any atom is 0.573 e. The van der Waals surface area contributed by atoms with Gasteiger partial charge in [0, 0.05) is 47.4 Å². The topological polar surface area (TPSA) is 85.6 Å². The van der Waals surface area contributed by atoms with Crippen molar-refractivity contribution in [2.24, 2.45) is 0 Å². The molecule has 4 rings (SSSR count). The second kappa shape index (κ2) is 10.2. The van der Waals surface area contributed by atoms with Crippen molar-refractivity contribution in [3.8, 4) is 22.6 Å². The second-order valence-electron chi connectivity index (χ2n) is 8.07. The third kappa shape index (κ3) is 6.16. The van der Waals surface area contributed by atoms with Crippen molar-refractivity contribution >= 4 is 17.5 Å². The van der Waals surface area contributed by atoms with Gasteiger partial charge in [0.1, 0.15) is 5.75 Å². The van der Waals surface area contributed by atoms with Gasteiger partial charge in [-0.3, -0.25) is 9.48 Å². The minimum absolute atomic E-state index is 0.0539. The van der Waals surface area contributed by atoms with Crippen LogP contribution in [-0.4, -0.2) is 33.3 Å². The Morgan fingerprint density at radius 1 is 1.28 bits per heavy atom. The number of aromatic nitrogens is 2. The zero-order valence-electron chi connectivity index (χ0n) is 18.6. The van der Waals surface area contributed by atoms with Crippen LogP contribution in [0, 0.1) is 5.82 Å². The highest BCUT2D eigenvalue weighted by molar-refractivity contribution is 6.30. The van der Waals surface area contributed by atoms with Crippen molar-refractivity contribution in [1.29, 1.82) is 0 Å². The largest absolute Gasteiger partial charge is 0.573 e. The second-order valence-corrected chi connectivity index (χ2v) is 8.50. The number of alkyl halides is 3. The number of benzene rings is 2. The van der Waals surface area contributed by atoms with Gasteiger partial charge in [-0.2, -0.15) is 5.10 Å². The van der Waals surface area contributed by atoms with Crippen LogP contribution in [0.25, 0.3) is 11.1 Å². The molecule has 0 radical (unpaired) electrons. The van der Waals surface area contributed by atoms with E-state index in [1.807, 2.05) is 0 Å². The molecule has 36 heavy (non-hydrogen) atoms. The quantitative estimate of drug-likeness (QED) is 0.417. The fourth-order valence-corrected chi connectivity index (χ4v) is 3.85. The zero-order valence-corrected chi connectivity index (χ0v) is 19.3. The molecule has 0 saturated carbocycles. The first-order valence-electron chi connectivity index (χ1n) is 10.7. The molecule has 1 aromatic heterocycles. The summed E-state index contributed by atoms with van der Waals surface area (Å²) in [5.74, 6) is -2.17. The molecule has 3 aromatic rings. The Kier molecular flexibility index (Phi) is 7.23. The van der Waals surface area contributed by atoms with Crippen LogP contribution >= 0.6 is 11.6 Å². The zero-order chi connectivity index (χ0) is 26.0. The standard InChI is InChI=1S/C24H20ClF4N3O4/c1-13(31-23(34)22-10-19(33)17-9-16(25)3-5-20(17)35-22)6-7-32-12-15(11-30-32)14-2-4-21(18(26)8-14)36-24(27,28)29/h2-5,8-9,11-12,19,22,33H,1,6-7,10H2,(H,31,34)/t19-,22-/m1/s1. The first-order chi connectivity index (χ1) is 17.0. The van der Waals surface area contributed by atoms with Crippen LogP contribution in [0.1, 0.15) is 24.5 Å². The van der Waals surface area contributed by atoms with Crippen molar-refractivity contribution in [2.45, 2.75) is 38.0 Å². The van der Waals surface area contributed by atoms with Gasteiger partial charge in [-0.05, 0) is 35.9 Å². The Bertz CT molecular complexity index is 1290. The molecular formula is C24H20ClF4N3O4. The number of hydrogen-bond donors (Lipinski definition) is 2. The summed E-state index contributed by atoms with van der Waals surface area (Å²) in [5.41, 5.74) is 1.69. The van der Waals surface area contributed by atoms with Gasteiger partial charge in [0.2, 0.25) is 0 Å². The number of ether oxygens (including phenoxy) is 2. The molecular weight excluding hydrogens is 506 g/mol. The SMILES string of the molecule is C=C(CCn1cc(-c2ccc(OC(F)(F)F)c(F)c2)cn1)NC(=O)[C@H]1C[C@@H](O)c2cc(Cl)ccc2O1. The minimum Gasteiger partial charge on any atom is -0.480 e. The van der Waals surface area contributed by atoms with Gasteiger partial charge in [-0.15, -0.1) is 13.2 Å². The van der Waals surface area contributed by atoms with Gasteiger partial charge in [0.25, 0.3) is 5.91 Å². The summed E-state index contributed by atoms with van der Waals surface area (Å²) in [6.45, 7) is 4.14. The number of carbonyl (C=O) groups excluding carboxylic acids is 1. The van der Waals surface area contributed by atoms with E-state index >= 15 is 0 Å². The lowest BCUT2D eigenvalue weighted by Crippen LogP contribution is -2.41. The Balaban J connectivity index is 1.31. The van der Waals surface area contributed by atoms with Crippen molar-refractivity contribution in [3.63, 3.8) is 0 Å². The van der Waals surface area contributed by atoms with Crippen LogP contribution in [-0.2, 0) is 11.3 Å². The molecule has 2 heterocycles. The Morgan fingerprint density at radius 2 is 2.06 bits per heavy atom. The minimum atomic E-state index is -4.99. The number of amides is 1.